The average Bonchev–Trinajstić information content (AvgIpc) is 2.49. The Morgan fingerprint density at radius 1 is 1.15 bits per heavy atom. The number of rotatable bonds is 6. The lowest BCUT2D eigenvalue weighted by Gasteiger charge is -2.06. The first-order valence-electron chi connectivity index (χ1n) is 6.19. The maximum Gasteiger partial charge on any atom is 0.188 e. The molecule has 0 unspecified atom stereocenters. The first-order valence-corrected chi connectivity index (χ1v) is 7.79. The topological polar surface area (TPSA) is 26.3 Å². The molecule has 104 valence electrons. The number of benzene rings is 2. The van der Waals surface area contributed by atoms with Crippen LogP contribution in [0.1, 0.15) is 15.9 Å². The molecule has 4 heteroatoms. The smallest absolute Gasteiger partial charge is 0.188 e. The molecule has 0 bridgehead atoms. The molecule has 0 aliphatic heterocycles. The lowest BCUT2D eigenvalue weighted by atomic mass is 10.1. The second-order valence-electron chi connectivity index (χ2n) is 4.24. The largest absolute Gasteiger partial charge is 0.369 e. The second kappa shape index (κ2) is 7.48. The molecular weight excluding hydrogens is 292 g/mol. The third kappa shape index (κ3) is 4.10. The number of hydrogen-bond acceptors (Lipinski definition) is 3. The van der Waals surface area contributed by atoms with E-state index in [1.165, 1.54) is 0 Å². The van der Waals surface area contributed by atoms with Gasteiger partial charge < -0.3 is 4.74 Å². The van der Waals surface area contributed by atoms with Crippen LogP contribution in [0.25, 0.3) is 0 Å². The van der Waals surface area contributed by atoms with Gasteiger partial charge in [-0.1, -0.05) is 41.9 Å². The van der Waals surface area contributed by atoms with Crippen LogP contribution in [0.3, 0.4) is 0 Å². The summed E-state index contributed by atoms with van der Waals surface area (Å²) in [5.74, 6) is -0.0234. The summed E-state index contributed by atoms with van der Waals surface area (Å²) in [5.41, 5.74) is 1.56. The normalized spacial score (nSPS) is 10.5. The van der Waals surface area contributed by atoms with Gasteiger partial charge in [0.1, 0.15) is 6.61 Å². The Morgan fingerprint density at radius 3 is 2.50 bits per heavy atom. The van der Waals surface area contributed by atoms with Crippen molar-refractivity contribution in [3.05, 3.63) is 64.7 Å². The number of hydrogen-bond donors (Lipinski definition) is 0. The fourth-order valence-electron chi connectivity index (χ4n) is 1.73. The van der Waals surface area contributed by atoms with Crippen molar-refractivity contribution in [1.82, 2.24) is 0 Å². The van der Waals surface area contributed by atoms with Crippen LogP contribution >= 0.6 is 23.4 Å². The minimum Gasteiger partial charge on any atom is -0.369 e. The minimum atomic E-state index is -0.0234. The third-order valence-corrected chi connectivity index (χ3v) is 3.97. The number of ketones is 1. The van der Waals surface area contributed by atoms with Crippen molar-refractivity contribution in [3.63, 3.8) is 0 Å². The van der Waals surface area contributed by atoms with Crippen molar-refractivity contribution in [2.45, 2.75) is 11.5 Å². The SMILES string of the molecule is CSc1ccc(C(=O)COCc2ccccc2Cl)cc1. The van der Waals surface area contributed by atoms with Crippen molar-refractivity contribution in [2.75, 3.05) is 12.9 Å². The van der Waals surface area contributed by atoms with Gasteiger partial charge in [-0.25, -0.2) is 0 Å². The Bertz CT molecular complexity index is 581. The van der Waals surface area contributed by atoms with E-state index in [0.29, 0.717) is 17.2 Å². The van der Waals surface area contributed by atoms with E-state index in [1.807, 2.05) is 54.8 Å². The van der Waals surface area contributed by atoms with Crippen LogP contribution in [0.4, 0.5) is 0 Å². The van der Waals surface area contributed by atoms with Crippen LogP contribution in [0.2, 0.25) is 5.02 Å². The van der Waals surface area contributed by atoms with Gasteiger partial charge in [0, 0.05) is 15.5 Å². The Kier molecular flexibility index (Phi) is 5.65. The van der Waals surface area contributed by atoms with E-state index in [-0.39, 0.29) is 12.4 Å². The van der Waals surface area contributed by atoms with Gasteiger partial charge in [-0.05, 0) is 30.0 Å². The highest BCUT2D eigenvalue weighted by Crippen LogP contribution is 2.17. The fourth-order valence-corrected chi connectivity index (χ4v) is 2.33. The van der Waals surface area contributed by atoms with Crippen LogP contribution < -0.4 is 0 Å². The van der Waals surface area contributed by atoms with Gasteiger partial charge in [-0.15, -0.1) is 11.8 Å². The molecule has 0 radical (unpaired) electrons. The number of Topliss-reactive ketones (excluding diaryl/α,β-unsaturated/α-hetero) is 1. The molecule has 0 saturated carbocycles. The van der Waals surface area contributed by atoms with Gasteiger partial charge in [-0.3, -0.25) is 4.79 Å². The van der Waals surface area contributed by atoms with Crippen LogP contribution in [0, 0.1) is 0 Å². The lowest BCUT2D eigenvalue weighted by molar-refractivity contribution is 0.0726. The summed E-state index contributed by atoms with van der Waals surface area (Å²) in [6, 6.07) is 15.0. The van der Waals surface area contributed by atoms with Gasteiger partial charge in [-0.2, -0.15) is 0 Å². The van der Waals surface area contributed by atoms with E-state index in [9.17, 15) is 4.79 Å². The van der Waals surface area contributed by atoms with Gasteiger partial charge in [0.2, 0.25) is 0 Å². The number of ether oxygens (including phenoxy) is 1. The van der Waals surface area contributed by atoms with E-state index in [2.05, 4.69) is 0 Å². The maximum atomic E-state index is 12.0. The molecule has 0 amide bonds. The fraction of sp³-hybridized carbons (Fsp3) is 0.188. The van der Waals surface area contributed by atoms with E-state index < -0.39 is 0 Å². The van der Waals surface area contributed by atoms with Crippen molar-refractivity contribution in [2.24, 2.45) is 0 Å². The lowest BCUT2D eigenvalue weighted by Crippen LogP contribution is -2.09. The number of carbonyl (C=O) groups is 1. The molecule has 2 aromatic rings. The monoisotopic (exact) mass is 306 g/mol. The van der Waals surface area contributed by atoms with Crippen molar-refractivity contribution in [3.8, 4) is 0 Å². The predicted molar refractivity (Wildman–Crippen MR) is 83.7 cm³/mol. The molecule has 0 atom stereocenters. The van der Waals surface area contributed by atoms with E-state index in [4.69, 9.17) is 16.3 Å². The van der Waals surface area contributed by atoms with Gasteiger partial charge in [0.15, 0.2) is 5.78 Å². The zero-order valence-electron chi connectivity index (χ0n) is 11.1. The highest BCUT2D eigenvalue weighted by molar-refractivity contribution is 7.98. The molecule has 0 N–H and O–H groups in total. The number of carbonyl (C=O) groups excluding carboxylic acids is 1. The van der Waals surface area contributed by atoms with Crippen molar-refractivity contribution >= 4 is 29.1 Å². The molecular formula is C16H15ClO2S. The summed E-state index contributed by atoms with van der Waals surface area (Å²) < 4.78 is 5.43. The quantitative estimate of drug-likeness (QED) is 0.582. The van der Waals surface area contributed by atoms with Gasteiger partial charge >= 0.3 is 0 Å². The van der Waals surface area contributed by atoms with Gasteiger partial charge in [0.25, 0.3) is 0 Å². The molecule has 0 aliphatic rings. The Hall–Kier alpha value is -1.29. The molecule has 0 heterocycles. The standard InChI is InChI=1S/C16H15ClO2S/c1-20-14-8-6-12(7-9-14)16(18)11-19-10-13-4-2-3-5-15(13)17/h2-9H,10-11H2,1H3. The summed E-state index contributed by atoms with van der Waals surface area (Å²) in [6.45, 7) is 0.401. The second-order valence-corrected chi connectivity index (χ2v) is 5.52. The molecule has 0 aromatic heterocycles. The molecule has 2 aromatic carbocycles. The van der Waals surface area contributed by atoms with Crippen LogP contribution in [-0.2, 0) is 11.3 Å². The van der Waals surface area contributed by atoms with Crippen molar-refractivity contribution in [1.29, 1.82) is 0 Å². The molecule has 2 rings (SSSR count). The predicted octanol–water partition coefficient (Wildman–Crippen LogP) is 4.46. The zero-order valence-corrected chi connectivity index (χ0v) is 12.7. The van der Waals surface area contributed by atoms with Crippen LogP contribution in [-0.4, -0.2) is 18.6 Å². The first-order chi connectivity index (χ1) is 9.70. The Labute approximate surface area is 128 Å². The summed E-state index contributed by atoms with van der Waals surface area (Å²) >= 11 is 7.67. The highest BCUT2D eigenvalue weighted by atomic mass is 35.5. The van der Waals surface area contributed by atoms with E-state index >= 15 is 0 Å². The molecule has 20 heavy (non-hydrogen) atoms. The van der Waals surface area contributed by atoms with Crippen LogP contribution in [0.5, 0.6) is 0 Å². The van der Waals surface area contributed by atoms with E-state index in [0.717, 1.165) is 10.5 Å². The number of thioether (sulfide) groups is 1. The summed E-state index contributed by atoms with van der Waals surface area (Å²) in [7, 11) is 0. The minimum absolute atomic E-state index is 0.0234. The Balaban J connectivity index is 1.87. The Morgan fingerprint density at radius 2 is 1.85 bits per heavy atom. The highest BCUT2D eigenvalue weighted by Gasteiger charge is 2.07. The van der Waals surface area contributed by atoms with Crippen molar-refractivity contribution < 1.29 is 9.53 Å². The average molecular weight is 307 g/mol. The van der Waals surface area contributed by atoms with E-state index in [1.54, 1.807) is 11.8 Å². The molecule has 0 spiro atoms. The molecule has 2 nitrogen and oxygen atoms in total. The van der Waals surface area contributed by atoms with Crippen LogP contribution in [0.15, 0.2) is 53.4 Å². The molecule has 0 saturated heterocycles. The summed E-state index contributed by atoms with van der Waals surface area (Å²) in [5, 5.41) is 0.657. The first kappa shape index (κ1) is 15.1. The summed E-state index contributed by atoms with van der Waals surface area (Å²) in [6.07, 6.45) is 2.00. The summed E-state index contributed by atoms with van der Waals surface area (Å²) in [4.78, 5) is 13.1. The molecule has 0 fully saturated rings. The zero-order chi connectivity index (χ0) is 14.4. The maximum absolute atomic E-state index is 12.0. The molecule has 0 aliphatic carbocycles. The number of halogens is 1. The third-order valence-electron chi connectivity index (χ3n) is 2.86. The van der Waals surface area contributed by atoms with Gasteiger partial charge in [0.05, 0.1) is 6.61 Å².